The molecule has 0 atom stereocenters. The number of carbonyl (C=O) groups is 1. The third-order valence-corrected chi connectivity index (χ3v) is 2.89. The summed E-state index contributed by atoms with van der Waals surface area (Å²) in [5.74, 6) is 0.0361. The minimum atomic E-state index is -0.763. The zero-order valence-electron chi connectivity index (χ0n) is 10.2. The topological polar surface area (TPSA) is 59.4 Å². The fourth-order valence-electron chi connectivity index (χ4n) is 1.96. The van der Waals surface area contributed by atoms with Crippen LogP contribution in [0.4, 0.5) is 0 Å². The predicted octanol–water partition coefficient (Wildman–Crippen LogP) is 2.65. The quantitative estimate of drug-likeness (QED) is 0.879. The van der Waals surface area contributed by atoms with Crippen LogP contribution in [-0.2, 0) is 11.2 Å². The molecule has 1 N–H and O–H groups in total. The van der Waals surface area contributed by atoms with Crippen molar-refractivity contribution in [3.05, 3.63) is 36.2 Å². The van der Waals surface area contributed by atoms with Crippen molar-refractivity contribution < 1.29 is 14.6 Å². The Morgan fingerprint density at radius 3 is 2.94 bits per heavy atom. The molecule has 4 nitrogen and oxygen atoms in total. The highest BCUT2D eigenvalue weighted by Crippen LogP contribution is 2.24. The van der Waals surface area contributed by atoms with Gasteiger partial charge in [-0.2, -0.15) is 0 Å². The van der Waals surface area contributed by atoms with Gasteiger partial charge in [0.15, 0.2) is 0 Å². The first-order valence-corrected chi connectivity index (χ1v) is 5.83. The van der Waals surface area contributed by atoms with Gasteiger partial charge in [-0.25, -0.2) is 0 Å². The van der Waals surface area contributed by atoms with Gasteiger partial charge in [0.05, 0.1) is 7.11 Å². The summed E-state index contributed by atoms with van der Waals surface area (Å²) in [6.45, 7) is 0. The Morgan fingerprint density at radius 2 is 2.22 bits per heavy atom. The fraction of sp³-hybridized carbons (Fsp3) is 0.286. The lowest BCUT2D eigenvalue weighted by Gasteiger charge is -2.07. The van der Waals surface area contributed by atoms with Crippen molar-refractivity contribution in [2.75, 3.05) is 7.11 Å². The maximum Gasteiger partial charge on any atom is 0.303 e. The van der Waals surface area contributed by atoms with E-state index in [4.69, 9.17) is 9.84 Å². The Hall–Kier alpha value is -2.10. The molecule has 0 fully saturated rings. The Morgan fingerprint density at radius 1 is 1.39 bits per heavy atom. The van der Waals surface area contributed by atoms with Gasteiger partial charge in [0, 0.05) is 24.2 Å². The van der Waals surface area contributed by atoms with Crippen LogP contribution in [0.3, 0.4) is 0 Å². The van der Waals surface area contributed by atoms with E-state index in [0.29, 0.717) is 12.8 Å². The molecule has 0 aliphatic rings. The minimum absolute atomic E-state index is 0.181. The molecular weight excluding hydrogens is 230 g/mol. The van der Waals surface area contributed by atoms with Crippen LogP contribution in [0.1, 0.15) is 18.4 Å². The average molecular weight is 245 g/mol. The zero-order valence-corrected chi connectivity index (χ0v) is 10.2. The number of aryl methyl sites for hydroxylation is 1. The number of fused-ring (bicyclic) bond motifs is 1. The molecular formula is C14H15NO3. The summed E-state index contributed by atoms with van der Waals surface area (Å²) < 4.78 is 5.21. The van der Waals surface area contributed by atoms with Gasteiger partial charge >= 0.3 is 5.97 Å². The summed E-state index contributed by atoms with van der Waals surface area (Å²) in [5, 5.41) is 10.8. The van der Waals surface area contributed by atoms with Crippen molar-refractivity contribution in [2.45, 2.75) is 19.3 Å². The third kappa shape index (κ3) is 2.77. The number of hydrogen-bond acceptors (Lipinski definition) is 3. The minimum Gasteiger partial charge on any atom is -0.497 e. The summed E-state index contributed by atoms with van der Waals surface area (Å²) in [4.78, 5) is 14.7. The number of carboxylic acid groups (broad SMARTS) is 1. The SMILES string of the molecule is COc1ccc2cncc(CCCC(=O)O)c2c1. The predicted molar refractivity (Wildman–Crippen MR) is 68.9 cm³/mol. The Balaban J connectivity index is 2.28. The van der Waals surface area contributed by atoms with Crippen LogP contribution < -0.4 is 4.74 Å². The number of methoxy groups -OCH3 is 1. The van der Waals surface area contributed by atoms with Crippen molar-refractivity contribution in [3.63, 3.8) is 0 Å². The van der Waals surface area contributed by atoms with E-state index < -0.39 is 5.97 Å². The molecule has 0 bridgehead atoms. The lowest BCUT2D eigenvalue weighted by Crippen LogP contribution is -1.97. The number of hydrogen-bond donors (Lipinski definition) is 1. The molecule has 18 heavy (non-hydrogen) atoms. The number of carboxylic acids is 1. The molecule has 94 valence electrons. The molecule has 0 aliphatic heterocycles. The maximum absolute atomic E-state index is 10.5. The number of aromatic nitrogens is 1. The van der Waals surface area contributed by atoms with Crippen LogP contribution in [0.25, 0.3) is 10.8 Å². The number of nitrogens with zero attached hydrogens (tertiary/aromatic N) is 1. The molecule has 0 spiro atoms. The van der Waals surface area contributed by atoms with E-state index in [1.165, 1.54) is 0 Å². The molecule has 1 heterocycles. The summed E-state index contributed by atoms with van der Waals surface area (Å²) >= 11 is 0. The monoisotopic (exact) mass is 245 g/mol. The second-order valence-electron chi connectivity index (χ2n) is 4.13. The van der Waals surface area contributed by atoms with Crippen molar-refractivity contribution in [1.82, 2.24) is 4.98 Å². The number of aliphatic carboxylic acids is 1. The van der Waals surface area contributed by atoms with E-state index in [2.05, 4.69) is 4.98 Å². The second kappa shape index (κ2) is 5.49. The van der Waals surface area contributed by atoms with Crippen LogP contribution in [0.2, 0.25) is 0 Å². The number of rotatable bonds is 5. The molecule has 1 aromatic heterocycles. The molecule has 2 rings (SSSR count). The number of benzene rings is 1. The van der Waals surface area contributed by atoms with Crippen LogP contribution in [0.15, 0.2) is 30.6 Å². The molecule has 0 unspecified atom stereocenters. The number of pyridine rings is 1. The van der Waals surface area contributed by atoms with E-state index in [1.807, 2.05) is 18.2 Å². The number of ether oxygens (including phenoxy) is 1. The van der Waals surface area contributed by atoms with E-state index in [0.717, 1.165) is 22.1 Å². The van der Waals surface area contributed by atoms with E-state index in [9.17, 15) is 4.79 Å². The zero-order chi connectivity index (χ0) is 13.0. The third-order valence-electron chi connectivity index (χ3n) is 2.89. The van der Waals surface area contributed by atoms with Crippen LogP contribution >= 0.6 is 0 Å². The molecule has 0 radical (unpaired) electrons. The molecule has 4 heteroatoms. The van der Waals surface area contributed by atoms with E-state index >= 15 is 0 Å². The summed E-state index contributed by atoms with van der Waals surface area (Å²) in [6, 6.07) is 5.82. The molecule has 0 amide bonds. The van der Waals surface area contributed by atoms with Crippen molar-refractivity contribution in [2.24, 2.45) is 0 Å². The molecule has 1 aromatic carbocycles. The Labute approximate surface area is 105 Å². The highest BCUT2D eigenvalue weighted by atomic mass is 16.5. The molecule has 0 saturated heterocycles. The lowest BCUT2D eigenvalue weighted by molar-refractivity contribution is -0.137. The fourth-order valence-corrected chi connectivity index (χ4v) is 1.96. The van der Waals surface area contributed by atoms with Gasteiger partial charge in [-0.3, -0.25) is 9.78 Å². The van der Waals surface area contributed by atoms with Gasteiger partial charge < -0.3 is 9.84 Å². The first-order chi connectivity index (χ1) is 8.70. The van der Waals surface area contributed by atoms with Crippen molar-refractivity contribution >= 4 is 16.7 Å². The van der Waals surface area contributed by atoms with E-state index in [-0.39, 0.29) is 6.42 Å². The summed E-state index contributed by atoms with van der Waals surface area (Å²) in [6.07, 6.45) is 5.11. The molecule has 2 aromatic rings. The second-order valence-corrected chi connectivity index (χ2v) is 4.13. The standard InChI is InChI=1S/C14H15NO3/c1-18-12-6-5-11-9-15-8-10(13(11)7-12)3-2-4-14(16)17/h5-9H,2-4H2,1H3,(H,16,17). The highest BCUT2D eigenvalue weighted by Gasteiger charge is 2.05. The maximum atomic E-state index is 10.5. The van der Waals surface area contributed by atoms with Crippen molar-refractivity contribution in [3.8, 4) is 5.75 Å². The Bertz CT molecular complexity index is 566. The summed E-state index contributed by atoms with van der Waals surface area (Å²) in [5.41, 5.74) is 1.06. The lowest BCUT2D eigenvalue weighted by atomic mass is 10.0. The van der Waals surface area contributed by atoms with E-state index in [1.54, 1.807) is 19.5 Å². The van der Waals surface area contributed by atoms with Gasteiger partial charge in [-0.15, -0.1) is 0 Å². The van der Waals surface area contributed by atoms with Crippen LogP contribution in [-0.4, -0.2) is 23.2 Å². The summed E-state index contributed by atoms with van der Waals surface area (Å²) in [7, 11) is 1.63. The van der Waals surface area contributed by atoms with Gasteiger partial charge in [0.2, 0.25) is 0 Å². The molecule has 0 aliphatic carbocycles. The van der Waals surface area contributed by atoms with Gasteiger partial charge in [0.25, 0.3) is 0 Å². The normalized spacial score (nSPS) is 10.5. The van der Waals surface area contributed by atoms with Crippen LogP contribution in [0, 0.1) is 0 Å². The smallest absolute Gasteiger partial charge is 0.303 e. The van der Waals surface area contributed by atoms with Gasteiger partial charge in [-0.05, 0) is 42.0 Å². The largest absolute Gasteiger partial charge is 0.497 e. The highest BCUT2D eigenvalue weighted by molar-refractivity contribution is 5.86. The van der Waals surface area contributed by atoms with Gasteiger partial charge in [-0.1, -0.05) is 0 Å². The first-order valence-electron chi connectivity index (χ1n) is 5.83. The molecule has 0 saturated carbocycles. The van der Waals surface area contributed by atoms with Gasteiger partial charge in [0.1, 0.15) is 5.75 Å². The van der Waals surface area contributed by atoms with Crippen LogP contribution in [0.5, 0.6) is 5.75 Å². The average Bonchev–Trinajstić information content (AvgIpc) is 2.38. The Kier molecular flexibility index (Phi) is 3.77. The van der Waals surface area contributed by atoms with Crippen molar-refractivity contribution in [1.29, 1.82) is 0 Å². The first kappa shape index (κ1) is 12.4.